The summed E-state index contributed by atoms with van der Waals surface area (Å²) < 4.78 is 33.5. The fourth-order valence-corrected chi connectivity index (χ4v) is 6.59. The van der Waals surface area contributed by atoms with Crippen LogP contribution < -0.4 is 20.4 Å². The number of anilines is 2. The van der Waals surface area contributed by atoms with Gasteiger partial charge in [-0.05, 0) is 18.2 Å². The third-order valence-corrected chi connectivity index (χ3v) is 8.81. The van der Waals surface area contributed by atoms with Gasteiger partial charge in [0, 0.05) is 37.6 Å². The van der Waals surface area contributed by atoms with Crippen LogP contribution in [0.25, 0.3) is 0 Å². The molecule has 4 rings (SSSR count). The molecule has 0 aliphatic carbocycles. The molecule has 7 nitrogen and oxygen atoms in total. The molecule has 2 aliphatic heterocycles. The van der Waals surface area contributed by atoms with E-state index in [9.17, 15) is 18.5 Å². The van der Waals surface area contributed by atoms with Crippen LogP contribution in [0.3, 0.4) is 0 Å². The predicted octanol–water partition coefficient (Wildman–Crippen LogP) is 2.80. The Bertz CT molecular complexity index is 1020. The molecular formula is C22H25FN3O4P. The average Bonchev–Trinajstić information content (AvgIpc) is 3.14. The van der Waals surface area contributed by atoms with Gasteiger partial charge in [0.15, 0.2) is 0 Å². The minimum atomic E-state index is -2.46. The standard InChI is InChI=1S/C22H25FN3O4P/c1-16(27)24-14-18-15-26(22(28)30-18)17-7-8-21(20(23)13-17)25-9-11-31(29,12-10-25)19-5-3-2-4-6-19/h2-8,13,18H,9-12,14-15H2,1H3,(H,24,27)/t18-/m1/s1. The van der Waals surface area contributed by atoms with E-state index in [0.29, 0.717) is 36.8 Å². The molecule has 0 unspecified atom stereocenters. The van der Waals surface area contributed by atoms with Gasteiger partial charge >= 0.3 is 6.09 Å². The molecule has 0 spiro atoms. The highest BCUT2D eigenvalue weighted by molar-refractivity contribution is 7.71. The summed E-state index contributed by atoms with van der Waals surface area (Å²) in [6.07, 6.45) is -0.0409. The van der Waals surface area contributed by atoms with Crippen LogP contribution >= 0.6 is 7.14 Å². The third kappa shape index (κ3) is 4.59. The van der Waals surface area contributed by atoms with Gasteiger partial charge in [0.2, 0.25) is 5.91 Å². The van der Waals surface area contributed by atoms with Crippen LogP contribution in [0.2, 0.25) is 0 Å². The fourth-order valence-electron chi connectivity index (χ4n) is 4.00. The first kappa shape index (κ1) is 21.4. The molecule has 2 aromatic rings. The van der Waals surface area contributed by atoms with Gasteiger partial charge < -0.3 is 19.5 Å². The summed E-state index contributed by atoms with van der Waals surface area (Å²) >= 11 is 0. The number of carbonyl (C=O) groups is 2. The number of hydrogen-bond donors (Lipinski definition) is 1. The van der Waals surface area contributed by atoms with E-state index in [1.165, 1.54) is 17.9 Å². The molecule has 2 fully saturated rings. The number of hydrogen-bond acceptors (Lipinski definition) is 5. The Morgan fingerprint density at radius 1 is 1.19 bits per heavy atom. The number of benzene rings is 2. The molecule has 0 bridgehead atoms. The third-order valence-electron chi connectivity index (χ3n) is 5.73. The number of nitrogens with zero attached hydrogens (tertiary/aromatic N) is 2. The van der Waals surface area contributed by atoms with Gasteiger partial charge in [-0.1, -0.05) is 30.3 Å². The molecule has 2 heterocycles. The second-order valence-electron chi connectivity index (χ2n) is 7.85. The maximum absolute atomic E-state index is 14.9. The zero-order valence-corrected chi connectivity index (χ0v) is 18.2. The summed E-state index contributed by atoms with van der Waals surface area (Å²) in [5, 5.41) is 3.50. The van der Waals surface area contributed by atoms with Gasteiger partial charge in [0.25, 0.3) is 0 Å². The summed E-state index contributed by atoms with van der Waals surface area (Å²) in [4.78, 5) is 26.5. The van der Waals surface area contributed by atoms with Gasteiger partial charge in [-0.3, -0.25) is 9.69 Å². The molecule has 2 aliphatic rings. The molecule has 2 amide bonds. The van der Waals surface area contributed by atoms with Crippen molar-refractivity contribution in [3.8, 4) is 0 Å². The van der Waals surface area contributed by atoms with Crippen LogP contribution in [0, 0.1) is 5.82 Å². The molecule has 31 heavy (non-hydrogen) atoms. The fraction of sp³-hybridized carbons (Fsp3) is 0.364. The van der Waals surface area contributed by atoms with Crippen molar-refractivity contribution >= 4 is 35.8 Å². The molecule has 1 atom stereocenters. The molecule has 1 N–H and O–H groups in total. The smallest absolute Gasteiger partial charge is 0.414 e. The minimum Gasteiger partial charge on any atom is -0.442 e. The Morgan fingerprint density at radius 3 is 2.55 bits per heavy atom. The van der Waals surface area contributed by atoms with Crippen LogP contribution in [0.1, 0.15) is 6.92 Å². The first-order valence-corrected chi connectivity index (χ1v) is 12.3. The summed E-state index contributed by atoms with van der Waals surface area (Å²) in [6.45, 7) is 2.86. The predicted molar refractivity (Wildman–Crippen MR) is 118 cm³/mol. The van der Waals surface area contributed by atoms with E-state index in [4.69, 9.17) is 4.74 Å². The first-order valence-electron chi connectivity index (χ1n) is 10.3. The second kappa shape index (κ2) is 8.71. The van der Waals surface area contributed by atoms with Crippen molar-refractivity contribution in [2.24, 2.45) is 0 Å². The number of ether oxygens (including phenoxy) is 1. The first-order chi connectivity index (χ1) is 14.9. The number of nitrogens with one attached hydrogen (secondary N) is 1. The average molecular weight is 445 g/mol. The zero-order chi connectivity index (χ0) is 22.0. The van der Waals surface area contributed by atoms with Gasteiger partial charge in [-0.15, -0.1) is 0 Å². The van der Waals surface area contributed by atoms with E-state index in [1.54, 1.807) is 12.1 Å². The highest BCUT2D eigenvalue weighted by Gasteiger charge is 2.34. The van der Waals surface area contributed by atoms with Crippen molar-refractivity contribution in [3.63, 3.8) is 0 Å². The Morgan fingerprint density at radius 2 is 1.90 bits per heavy atom. The summed E-state index contributed by atoms with van der Waals surface area (Å²) in [5.74, 6) is -0.643. The van der Waals surface area contributed by atoms with Crippen LogP contribution in [-0.2, 0) is 14.1 Å². The topological polar surface area (TPSA) is 79.0 Å². The van der Waals surface area contributed by atoms with Crippen molar-refractivity contribution in [2.45, 2.75) is 13.0 Å². The molecule has 2 saturated heterocycles. The number of rotatable bonds is 5. The van der Waals surface area contributed by atoms with Crippen molar-refractivity contribution in [1.82, 2.24) is 5.32 Å². The number of halogens is 1. The monoisotopic (exact) mass is 445 g/mol. The molecule has 2 aromatic carbocycles. The quantitative estimate of drug-likeness (QED) is 0.717. The Balaban J connectivity index is 1.42. The van der Waals surface area contributed by atoms with E-state index in [1.807, 2.05) is 35.2 Å². The summed E-state index contributed by atoms with van der Waals surface area (Å²) in [6, 6.07) is 14.2. The van der Waals surface area contributed by atoms with Crippen LogP contribution in [0.5, 0.6) is 0 Å². The number of cyclic esters (lactones) is 1. The van der Waals surface area contributed by atoms with Crippen molar-refractivity contribution in [1.29, 1.82) is 0 Å². The normalized spacial score (nSPS) is 20.5. The van der Waals surface area contributed by atoms with Gasteiger partial charge in [-0.25, -0.2) is 9.18 Å². The molecular weight excluding hydrogens is 420 g/mol. The van der Waals surface area contributed by atoms with E-state index >= 15 is 0 Å². The van der Waals surface area contributed by atoms with E-state index in [0.717, 1.165) is 5.30 Å². The van der Waals surface area contributed by atoms with Crippen molar-refractivity contribution in [3.05, 3.63) is 54.3 Å². The van der Waals surface area contributed by atoms with E-state index in [2.05, 4.69) is 5.32 Å². The number of amides is 2. The molecule has 0 saturated carbocycles. The highest BCUT2D eigenvalue weighted by atomic mass is 31.2. The van der Waals surface area contributed by atoms with E-state index < -0.39 is 25.2 Å². The lowest BCUT2D eigenvalue weighted by Gasteiger charge is -2.34. The molecule has 164 valence electrons. The van der Waals surface area contributed by atoms with Gasteiger partial charge in [0.05, 0.1) is 24.5 Å². The Kier molecular flexibility index (Phi) is 6.01. The summed E-state index contributed by atoms with van der Waals surface area (Å²) in [5.41, 5.74) is 0.842. The maximum atomic E-state index is 14.9. The van der Waals surface area contributed by atoms with Gasteiger partial charge in [-0.2, -0.15) is 0 Å². The zero-order valence-electron chi connectivity index (χ0n) is 17.3. The molecule has 0 radical (unpaired) electrons. The lowest BCUT2D eigenvalue weighted by atomic mass is 10.2. The largest absolute Gasteiger partial charge is 0.442 e. The maximum Gasteiger partial charge on any atom is 0.414 e. The van der Waals surface area contributed by atoms with Crippen molar-refractivity contribution in [2.75, 3.05) is 48.3 Å². The van der Waals surface area contributed by atoms with Crippen molar-refractivity contribution < 1.29 is 23.3 Å². The summed E-state index contributed by atoms with van der Waals surface area (Å²) in [7, 11) is -2.46. The van der Waals surface area contributed by atoms with Crippen LogP contribution in [0.15, 0.2) is 48.5 Å². The Hall–Kier alpha value is -2.86. The lowest BCUT2D eigenvalue weighted by Crippen LogP contribution is -2.37. The lowest BCUT2D eigenvalue weighted by molar-refractivity contribution is -0.119. The Labute approximate surface area is 180 Å². The molecule has 0 aromatic heterocycles. The molecule has 9 heteroatoms. The second-order valence-corrected chi connectivity index (χ2v) is 11.0. The number of carbonyl (C=O) groups excluding carboxylic acids is 2. The SMILES string of the molecule is CC(=O)NC[C@@H]1CN(c2ccc(N3CCP(=O)(c4ccccc4)CC3)c(F)c2)C(=O)O1. The highest BCUT2D eigenvalue weighted by Crippen LogP contribution is 2.47. The minimum absolute atomic E-state index is 0.205. The van der Waals surface area contributed by atoms with Gasteiger partial charge in [0.1, 0.15) is 19.1 Å². The van der Waals surface area contributed by atoms with Crippen LogP contribution in [-0.4, -0.2) is 56.6 Å². The van der Waals surface area contributed by atoms with E-state index in [-0.39, 0.29) is 19.0 Å². The van der Waals surface area contributed by atoms with Crippen LogP contribution in [0.4, 0.5) is 20.6 Å².